The molecule has 230 valence electrons. The van der Waals surface area contributed by atoms with Crippen molar-refractivity contribution in [1.29, 1.82) is 0 Å². The highest BCUT2D eigenvalue weighted by Crippen LogP contribution is 2.37. The van der Waals surface area contributed by atoms with Gasteiger partial charge in [0.15, 0.2) is 17.7 Å². The van der Waals surface area contributed by atoms with Gasteiger partial charge in [-0.1, -0.05) is 17.2 Å². The molecule has 1 heterocycles. The van der Waals surface area contributed by atoms with Crippen LogP contribution < -0.4 is 5.32 Å². The molecule has 0 radical (unpaired) electrons. The van der Waals surface area contributed by atoms with E-state index in [0.717, 1.165) is 40.9 Å². The van der Waals surface area contributed by atoms with Gasteiger partial charge in [0.1, 0.15) is 18.3 Å². The third kappa shape index (κ3) is 8.83. The zero-order chi connectivity index (χ0) is 31.6. The molecule has 0 bridgehead atoms. The van der Waals surface area contributed by atoms with Gasteiger partial charge in [-0.05, 0) is 11.6 Å². The molecule has 0 saturated carbocycles. The third-order valence-corrected chi connectivity index (χ3v) is 5.86. The van der Waals surface area contributed by atoms with Gasteiger partial charge in [0.2, 0.25) is 5.91 Å². The minimum Gasteiger partial charge on any atom is -0.465 e. The first-order valence-electron chi connectivity index (χ1n) is 12.4. The Kier molecular flexibility index (Phi) is 12.1. The van der Waals surface area contributed by atoms with Gasteiger partial charge < -0.3 is 33.7 Å². The van der Waals surface area contributed by atoms with E-state index in [9.17, 15) is 32.8 Å². The molecular formula is C25H30F2N4O11. The molecule has 0 unspecified atom stereocenters. The minimum atomic E-state index is -2.55. The lowest BCUT2D eigenvalue weighted by Gasteiger charge is -2.48. The summed E-state index contributed by atoms with van der Waals surface area (Å²) in [6.45, 7) is 2.76. The zero-order valence-electron chi connectivity index (χ0n) is 23.3. The van der Waals surface area contributed by atoms with Gasteiger partial charge >= 0.3 is 23.9 Å². The molecule has 0 aliphatic carbocycles. The fourth-order valence-electron chi connectivity index (χ4n) is 4.33. The number of nitrogens with zero attached hydrogens (tertiary/aromatic N) is 3. The molecule has 0 spiro atoms. The van der Waals surface area contributed by atoms with Crippen LogP contribution in [0.5, 0.6) is 0 Å². The first kappa shape index (κ1) is 33.9. The van der Waals surface area contributed by atoms with Crippen molar-refractivity contribution in [2.45, 2.75) is 77.0 Å². The number of rotatable bonds is 12. The Labute approximate surface area is 238 Å². The van der Waals surface area contributed by atoms with Crippen molar-refractivity contribution in [2.75, 3.05) is 13.7 Å². The molecule has 15 nitrogen and oxygen atoms in total. The molecule has 1 fully saturated rings. The lowest BCUT2D eigenvalue weighted by Crippen LogP contribution is -2.69. The lowest BCUT2D eigenvalue weighted by molar-refractivity contribution is -0.317. The summed E-state index contributed by atoms with van der Waals surface area (Å²) in [5.41, 5.74) is 8.54. The number of benzene rings is 1. The smallest absolute Gasteiger partial charge is 0.366 e. The molecule has 1 saturated heterocycles. The van der Waals surface area contributed by atoms with Gasteiger partial charge in [-0.3, -0.25) is 19.2 Å². The van der Waals surface area contributed by atoms with Crippen LogP contribution in [0.2, 0.25) is 0 Å². The molecule has 0 aromatic heterocycles. The highest BCUT2D eigenvalue weighted by molar-refractivity contribution is 5.79. The Hall–Kier alpha value is -4.34. The number of azide groups is 1. The normalized spacial score (nSPS) is 22.9. The second-order valence-electron chi connectivity index (χ2n) is 9.04. The van der Waals surface area contributed by atoms with E-state index in [0.29, 0.717) is 0 Å². The summed E-state index contributed by atoms with van der Waals surface area (Å²) in [5.74, 6) is -9.67. The molecule has 17 heteroatoms. The van der Waals surface area contributed by atoms with Gasteiger partial charge in [0.05, 0.1) is 32.7 Å². The van der Waals surface area contributed by atoms with Crippen LogP contribution in [0, 0.1) is 11.6 Å². The molecule has 1 aromatic rings. The first-order valence-corrected chi connectivity index (χ1v) is 12.4. The highest BCUT2D eigenvalue weighted by atomic mass is 19.2. The van der Waals surface area contributed by atoms with Gasteiger partial charge in [-0.15, -0.1) is 0 Å². The maximum Gasteiger partial charge on any atom is 0.366 e. The van der Waals surface area contributed by atoms with Crippen molar-refractivity contribution in [3.63, 3.8) is 0 Å². The van der Waals surface area contributed by atoms with Crippen LogP contribution in [0.15, 0.2) is 23.3 Å². The van der Waals surface area contributed by atoms with Crippen molar-refractivity contribution in [3.8, 4) is 0 Å². The highest BCUT2D eigenvalue weighted by Gasteiger charge is 2.59. The molecule has 2 rings (SSSR count). The first-order chi connectivity index (χ1) is 19.7. The quantitative estimate of drug-likeness (QED) is 0.120. The Morgan fingerprint density at radius 2 is 1.79 bits per heavy atom. The molecule has 6 atom stereocenters. The van der Waals surface area contributed by atoms with Crippen LogP contribution in [0.1, 0.15) is 39.7 Å². The van der Waals surface area contributed by atoms with Crippen molar-refractivity contribution in [3.05, 3.63) is 45.8 Å². The minimum absolute atomic E-state index is 0.330. The van der Waals surface area contributed by atoms with Gasteiger partial charge in [-0.2, -0.15) is 0 Å². The molecule has 1 aromatic carbocycles. The summed E-state index contributed by atoms with van der Waals surface area (Å²) in [4.78, 5) is 64.2. The Balaban J connectivity index is 2.75. The Morgan fingerprint density at radius 3 is 2.33 bits per heavy atom. The summed E-state index contributed by atoms with van der Waals surface area (Å²) in [6.07, 6.45) is -7.14. The van der Waals surface area contributed by atoms with Crippen LogP contribution in [-0.2, 0) is 59.0 Å². The largest absolute Gasteiger partial charge is 0.465 e. The Morgan fingerprint density at radius 1 is 1.12 bits per heavy atom. The van der Waals surface area contributed by atoms with E-state index < -0.39 is 97.2 Å². The predicted molar refractivity (Wildman–Crippen MR) is 134 cm³/mol. The summed E-state index contributed by atoms with van der Waals surface area (Å²) in [7, 11) is 0.960. The number of hydrogen-bond acceptors (Lipinski definition) is 12. The summed E-state index contributed by atoms with van der Waals surface area (Å²) in [6, 6.07) is 1.83. The molecule has 1 aliphatic rings. The number of carbonyl (C=O) groups excluding carboxylic acids is 5. The topological polar surface area (TPSA) is 202 Å². The van der Waals surface area contributed by atoms with E-state index in [1.165, 1.54) is 12.1 Å². The molecule has 1 aliphatic heterocycles. The van der Waals surface area contributed by atoms with Crippen LogP contribution in [0.4, 0.5) is 8.78 Å². The van der Waals surface area contributed by atoms with E-state index in [2.05, 4.69) is 15.3 Å². The zero-order valence-corrected chi connectivity index (χ0v) is 23.3. The molecule has 42 heavy (non-hydrogen) atoms. The van der Waals surface area contributed by atoms with E-state index in [4.69, 9.17) is 34.0 Å². The van der Waals surface area contributed by atoms with Crippen LogP contribution in [0.3, 0.4) is 0 Å². The van der Waals surface area contributed by atoms with E-state index in [-0.39, 0.29) is 5.56 Å². The van der Waals surface area contributed by atoms with Gasteiger partial charge in [0, 0.05) is 38.2 Å². The Bertz CT molecular complexity index is 1240. The van der Waals surface area contributed by atoms with Crippen molar-refractivity contribution in [2.24, 2.45) is 5.11 Å². The maximum absolute atomic E-state index is 14.4. The monoisotopic (exact) mass is 600 g/mol. The maximum atomic E-state index is 14.4. The van der Waals surface area contributed by atoms with Crippen LogP contribution in [0.25, 0.3) is 10.4 Å². The molecule has 1 N–H and O–H groups in total. The fraction of sp³-hybridized carbons (Fsp3) is 0.560. The number of hydrogen-bond donors (Lipinski definition) is 1. The van der Waals surface area contributed by atoms with Crippen molar-refractivity contribution in [1.82, 2.24) is 5.32 Å². The van der Waals surface area contributed by atoms with Crippen LogP contribution in [-0.4, -0.2) is 79.7 Å². The van der Waals surface area contributed by atoms with E-state index in [1.54, 1.807) is 0 Å². The van der Waals surface area contributed by atoms with Crippen molar-refractivity contribution < 1.29 is 61.2 Å². The van der Waals surface area contributed by atoms with Crippen LogP contribution >= 0.6 is 0 Å². The number of carbonyl (C=O) groups is 5. The molecule has 1 amide bonds. The number of nitrogens with one attached hydrogen (secondary N) is 1. The third-order valence-electron chi connectivity index (χ3n) is 5.86. The lowest BCUT2D eigenvalue weighted by atomic mass is 9.87. The fourth-order valence-corrected chi connectivity index (χ4v) is 4.33. The summed E-state index contributed by atoms with van der Waals surface area (Å²) >= 11 is 0. The van der Waals surface area contributed by atoms with Gasteiger partial charge in [-0.25, -0.2) is 13.6 Å². The van der Waals surface area contributed by atoms with Crippen molar-refractivity contribution >= 4 is 29.8 Å². The number of methoxy groups -OCH3 is 1. The molecular weight excluding hydrogens is 570 g/mol. The summed E-state index contributed by atoms with van der Waals surface area (Å²) in [5, 5.41) is 5.86. The van der Waals surface area contributed by atoms with E-state index in [1.807, 2.05) is 0 Å². The number of esters is 4. The second kappa shape index (κ2) is 15.0. The van der Waals surface area contributed by atoms with Gasteiger partial charge in [0.25, 0.3) is 5.79 Å². The predicted octanol–water partition coefficient (Wildman–Crippen LogP) is 1.75. The SMILES string of the molecule is COC(=O)[C@@]1(OCc2cccc(F)c2F)C[C@H](OC(C)=O)[C@@H](NC(C)=O)[C@H]([C@H](OC(C)=O)[C@@H](CN=[N+]=[N-])OC(C)=O)O1. The number of halogens is 2. The number of amides is 1. The summed E-state index contributed by atoms with van der Waals surface area (Å²) < 4.78 is 60.9. The second-order valence-corrected chi connectivity index (χ2v) is 9.04. The number of ether oxygens (including phenoxy) is 6. The standard InChI is InChI=1S/C25H30F2N4O11/c1-12(32)30-21-18(39-13(2)33)9-25(24(36)37-5,38-11-16-7-6-8-17(26)20(16)27)42-23(21)22(41-15(4)35)19(10-29-31-28)40-14(3)34/h6-8,18-19,21-23H,9-11H2,1-5H3,(H,30,32)/t18-,19+,21+,22+,23+,25+/m0/s1. The van der Waals surface area contributed by atoms with E-state index >= 15 is 0 Å². The average Bonchev–Trinajstić information content (AvgIpc) is 2.90. The average molecular weight is 601 g/mol.